The van der Waals surface area contributed by atoms with E-state index in [4.69, 9.17) is 17.0 Å². The number of ether oxygens (including phenoxy) is 1. The van der Waals surface area contributed by atoms with Crippen molar-refractivity contribution < 1.29 is 13.5 Å². The maximum absolute atomic E-state index is 13.5. The lowest BCUT2D eigenvalue weighted by atomic mass is 10.3. The maximum Gasteiger partial charge on any atom is 0.171 e. The average molecular weight is 322 g/mol. The molecule has 0 saturated heterocycles. The SMILES string of the molecule is C[C@H](COc1ccccc1)NC(=S)Nc1c(F)cccc1F. The summed E-state index contributed by atoms with van der Waals surface area (Å²) in [5, 5.41) is 5.57. The van der Waals surface area contributed by atoms with Crippen molar-refractivity contribution in [2.45, 2.75) is 13.0 Å². The molecule has 0 heterocycles. The van der Waals surface area contributed by atoms with Gasteiger partial charge in [0.1, 0.15) is 29.7 Å². The van der Waals surface area contributed by atoms with Crippen LogP contribution in [0.25, 0.3) is 0 Å². The molecule has 6 heteroatoms. The predicted molar refractivity (Wildman–Crippen MR) is 87.1 cm³/mol. The number of hydrogen-bond donors (Lipinski definition) is 2. The number of thiocarbonyl (C=S) groups is 1. The predicted octanol–water partition coefficient (Wildman–Crippen LogP) is 3.72. The van der Waals surface area contributed by atoms with E-state index in [2.05, 4.69) is 10.6 Å². The number of benzene rings is 2. The molecular weight excluding hydrogens is 306 g/mol. The van der Waals surface area contributed by atoms with Gasteiger partial charge in [-0.25, -0.2) is 8.78 Å². The molecule has 0 aliphatic carbocycles. The van der Waals surface area contributed by atoms with Crippen LogP contribution in [-0.4, -0.2) is 17.8 Å². The van der Waals surface area contributed by atoms with Crippen molar-refractivity contribution in [2.75, 3.05) is 11.9 Å². The number of nitrogens with one attached hydrogen (secondary N) is 2. The smallest absolute Gasteiger partial charge is 0.171 e. The quantitative estimate of drug-likeness (QED) is 0.822. The van der Waals surface area contributed by atoms with Crippen LogP contribution >= 0.6 is 12.2 Å². The standard InChI is InChI=1S/C16H16F2N2OS/c1-11(10-21-12-6-3-2-4-7-12)19-16(22)20-15-13(17)8-5-9-14(15)18/h2-9,11H,10H2,1H3,(H2,19,20,22)/t11-/m1/s1. The topological polar surface area (TPSA) is 33.3 Å². The van der Waals surface area contributed by atoms with E-state index in [0.29, 0.717) is 6.61 Å². The molecule has 0 spiro atoms. The summed E-state index contributed by atoms with van der Waals surface area (Å²) in [5.74, 6) is -0.648. The first-order chi connectivity index (χ1) is 10.6. The van der Waals surface area contributed by atoms with Gasteiger partial charge in [-0.3, -0.25) is 0 Å². The number of rotatable bonds is 5. The molecular formula is C16H16F2N2OS. The van der Waals surface area contributed by atoms with Crippen molar-refractivity contribution in [1.29, 1.82) is 0 Å². The van der Waals surface area contributed by atoms with E-state index in [-0.39, 0.29) is 16.8 Å². The lowest BCUT2D eigenvalue weighted by molar-refractivity contribution is 0.287. The Morgan fingerprint density at radius 1 is 1.09 bits per heavy atom. The minimum atomic E-state index is -0.697. The molecule has 0 unspecified atom stereocenters. The maximum atomic E-state index is 13.5. The summed E-state index contributed by atoms with van der Waals surface area (Å²) in [4.78, 5) is 0. The molecule has 2 aromatic rings. The molecule has 0 saturated carbocycles. The molecule has 0 aromatic heterocycles. The van der Waals surface area contributed by atoms with Gasteiger partial charge in [0.05, 0.1) is 6.04 Å². The van der Waals surface area contributed by atoms with Crippen LogP contribution in [0.2, 0.25) is 0 Å². The monoisotopic (exact) mass is 322 g/mol. The minimum absolute atomic E-state index is 0.130. The zero-order chi connectivity index (χ0) is 15.9. The van der Waals surface area contributed by atoms with Gasteiger partial charge < -0.3 is 15.4 Å². The van der Waals surface area contributed by atoms with Gasteiger partial charge >= 0.3 is 0 Å². The molecule has 22 heavy (non-hydrogen) atoms. The van der Waals surface area contributed by atoms with Crippen molar-refractivity contribution in [3.8, 4) is 5.75 Å². The van der Waals surface area contributed by atoms with Gasteiger partial charge in [-0.05, 0) is 43.4 Å². The number of para-hydroxylation sites is 2. The van der Waals surface area contributed by atoms with Crippen LogP contribution < -0.4 is 15.4 Å². The number of halogens is 2. The third-order valence-corrected chi connectivity index (χ3v) is 3.04. The fraction of sp³-hybridized carbons (Fsp3) is 0.188. The molecule has 2 aromatic carbocycles. The molecule has 0 radical (unpaired) electrons. The summed E-state index contributed by atoms with van der Waals surface area (Å²) in [6, 6.07) is 12.8. The van der Waals surface area contributed by atoms with Crippen LogP contribution in [0.5, 0.6) is 5.75 Å². The zero-order valence-electron chi connectivity index (χ0n) is 12.0. The normalized spacial score (nSPS) is 11.6. The van der Waals surface area contributed by atoms with Crippen LogP contribution in [0.3, 0.4) is 0 Å². The Hall–Kier alpha value is -2.21. The molecule has 0 aliphatic heterocycles. The minimum Gasteiger partial charge on any atom is -0.491 e. The third-order valence-electron chi connectivity index (χ3n) is 2.82. The number of hydrogen-bond acceptors (Lipinski definition) is 2. The fourth-order valence-corrected chi connectivity index (χ4v) is 2.07. The van der Waals surface area contributed by atoms with Crippen molar-refractivity contribution in [1.82, 2.24) is 5.32 Å². The van der Waals surface area contributed by atoms with E-state index in [0.717, 1.165) is 17.9 Å². The Bertz CT molecular complexity index is 617. The van der Waals surface area contributed by atoms with E-state index >= 15 is 0 Å². The molecule has 0 bridgehead atoms. The highest BCUT2D eigenvalue weighted by Crippen LogP contribution is 2.17. The van der Waals surface area contributed by atoms with Crippen molar-refractivity contribution >= 4 is 23.0 Å². The second-order valence-electron chi connectivity index (χ2n) is 4.72. The molecule has 0 fully saturated rings. The van der Waals surface area contributed by atoms with Crippen LogP contribution in [0, 0.1) is 11.6 Å². The van der Waals surface area contributed by atoms with Crippen molar-refractivity contribution in [2.24, 2.45) is 0 Å². The van der Waals surface area contributed by atoms with Crippen LogP contribution in [0.4, 0.5) is 14.5 Å². The van der Waals surface area contributed by atoms with Crippen LogP contribution in [-0.2, 0) is 0 Å². The Kier molecular flexibility index (Phi) is 5.66. The summed E-state index contributed by atoms with van der Waals surface area (Å²) >= 11 is 5.05. The summed E-state index contributed by atoms with van der Waals surface area (Å²) < 4.78 is 32.6. The van der Waals surface area contributed by atoms with Gasteiger partial charge in [-0.2, -0.15) is 0 Å². The van der Waals surface area contributed by atoms with E-state index in [1.165, 1.54) is 6.07 Å². The summed E-state index contributed by atoms with van der Waals surface area (Å²) in [5.41, 5.74) is -0.267. The summed E-state index contributed by atoms with van der Waals surface area (Å²) in [7, 11) is 0. The van der Waals surface area contributed by atoms with Gasteiger partial charge in [-0.1, -0.05) is 24.3 Å². The Morgan fingerprint density at radius 3 is 2.36 bits per heavy atom. The molecule has 0 amide bonds. The molecule has 3 nitrogen and oxygen atoms in total. The lowest BCUT2D eigenvalue weighted by Gasteiger charge is -2.18. The van der Waals surface area contributed by atoms with Gasteiger partial charge in [0, 0.05) is 0 Å². The third kappa shape index (κ3) is 4.66. The Labute approximate surface area is 133 Å². The largest absolute Gasteiger partial charge is 0.491 e. The Balaban J connectivity index is 1.84. The van der Waals surface area contributed by atoms with Crippen LogP contribution in [0.1, 0.15) is 6.92 Å². The summed E-state index contributed by atoms with van der Waals surface area (Å²) in [6.07, 6.45) is 0. The van der Waals surface area contributed by atoms with Gasteiger partial charge in [-0.15, -0.1) is 0 Å². The summed E-state index contributed by atoms with van der Waals surface area (Å²) in [6.45, 7) is 2.22. The van der Waals surface area contributed by atoms with E-state index in [9.17, 15) is 8.78 Å². The second kappa shape index (κ2) is 7.70. The Morgan fingerprint density at radius 2 is 1.73 bits per heavy atom. The molecule has 1 atom stereocenters. The second-order valence-corrected chi connectivity index (χ2v) is 5.13. The lowest BCUT2D eigenvalue weighted by Crippen LogP contribution is -2.39. The first-order valence-corrected chi connectivity index (χ1v) is 7.16. The van der Waals surface area contributed by atoms with Crippen molar-refractivity contribution in [3.05, 3.63) is 60.2 Å². The highest BCUT2D eigenvalue weighted by molar-refractivity contribution is 7.80. The van der Waals surface area contributed by atoms with Gasteiger partial charge in [0.15, 0.2) is 5.11 Å². The number of anilines is 1. The van der Waals surface area contributed by atoms with Gasteiger partial charge in [0.2, 0.25) is 0 Å². The van der Waals surface area contributed by atoms with E-state index < -0.39 is 11.6 Å². The molecule has 0 aliphatic rings. The fourth-order valence-electron chi connectivity index (χ4n) is 1.77. The first kappa shape index (κ1) is 16.2. The first-order valence-electron chi connectivity index (χ1n) is 6.75. The highest BCUT2D eigenvalue weighted by Gasteiger charge is 2.11. The molecule has 2 N–H and O–H groups in total. The van der Waals surface area contributed by atoms with E-state index in [1.54, 1.807) is 0 Å². The highest BCUT2D eigenvalue weighted by atomic mass is 32.1. The molecule has 116 valence electrons. The van der Waals surface area contributed by atoms with E-state index in [1.807, 2.05) is 37.3 Å². The van der Waals surface area contributed by atoms with Crippen molar-refractivity contribution in [3.63, 3.8) is 0 Å². The zero-order valence-corrected chi connectivity index (χ0v) is 12.8. The molecule has 2 rings (SSSR count). The van der Waals surface area contributed by atoms with Gasteiger partial charge in [0.25, 0.3) is 0 Å². The van der Waals surface area contributed by atoms with Crippen LogP contribution in [0.15, 0.2) is 48.5 Å². The average Bonchev–Trinajstić information content (AvgIpc) is 2.50.